The van der Waals surface area contributed by atoms with E-state index in [0.717, 1.165) is 22.9 Å². The van der Waals surface area contributed by atoms with Gasteiger partial charge in [0.25, 0.3) is 5.91 Å². The van der Waals surface area contributed by atoms with Crippen LogP contribution in [0.4, 0.5) is 0 Å². The van der Waals surface area contributed by atoms with Gasteiger partial charge in [-0.25, -0.2) is 0 Å². The van der Waals surface area contributed by atoms with Gasteiger partial charge in [0.15, 0.2) is 0 Å². The summed E-state index contributed by atoms with van der Waals surface area (Å²) in [6, 6.07) is 19.6. The highest BCUT2D eigenvalue weighted by Crippen LogP contribution is 2.23. The van der Waals surface area contributed by atoms with Gasteiger partial charge in [-0.2, -0.15) is 0 Å². The number of aromatic nitrogens is 2. The van der Waals surface area contributed by atoms with Crippen molar-refractivity contribution >= 4 is 22.7 Å². The second kappa shape index (κ2) is 9.16. The molecular weight excluding hydrogens is 416 g/mol. The Balaban J connectivity index is 1.33. The number of fused-ring (bicyclic) bond motifs is 1. The molecule has 2 N–H and O–H groups in total. The van der Waals surface area contributed by atoms with Crippen molar-refractivity contribution in [3.05, 3.63) is 96.4 Å². The summed E-state index contributed by atoms with van der Waals surface area (Å²) in [6.45, 7) is 1.03. The molecule has 0 saturated carbocycles. The Bertz CT molecular complexity index is 1260. The fourth-order valence-corrected chi connectivity index (χ4v) is 4.15. The van der Waals surface area contributed by atoms with Crippen LogP contribution >= 0.6 is 0 Å². The van der Waals surface area contributed by atoms with Crippen molar-refractivity contribution in [3.8, 4) is 5.75 Å². The molecule has 2 amide bonds. The third-order valence-electron chi connectivity index (χ3n) is 5.87. The second-order valence-corrected chi connectivity index (χ2v) is 8.10. The first-order valence-electron chi connectivity index (χ1n) is 11.0. The van der Waals surface area contributed by atoms with Crippen LogP contribution in [0.25, 0.3) is 10.9 Å². The van der Waals surface area contributed by atoms with Gasteiger partial charge in [-0.15, -0.1) is 0 Å². The molecule has 1 fully saturated rings. The number of amides is 2. The molecule has 5 rings (SSSR count). The number of aromatic amines is 1. The number of hydrogen-bond donors (Lipinski definition) is 2. The van der Waals surface area contributed by atoms with E-state index in [2.05, 4.69) is 15.3 Å². The Morgan fingerprint density at radius 3 is 2.79 bits per heavy atom. The highest BCUT2D eigenvalue weighted by molar-refractivity contribution is 6.00. The maximum atomic E-state index is 13.5. The zero-order chi connectivity index (χ0) is 22.6. The summed E-state index contributed by atoms with van der Waals surface area (Å²) >= 11 is 0. The smallest absolute Gasteiger partial charge is 0.252 e. The first-order chi connectivity index (χ1) is 16.2. The molecule has 7 heteroatoms. The van der Waals surface area contributed by atoms with Crippen LogP contribution in [0.5, 0.6) is 5.75 Å². The standard InChI is InChI=1S/C26H24N4O3/c31-25(20-9-8-18-10-13-28-23(18)15-20)29-24(19-5-2-1-3-6-19)26(32)30-14-11-22(17-30)33-21-7-4-12-27-16-21/h1-10,12-13,15-16,22,24,28H,11,14,17H2,(H,29,31). The molecule has 1 aliphatic rings. The van der Waals surface area contributed by atoms with Crippen LogP contribution < -0.4 is 10.1 Å². The largest absolute Gasteiger partial charge is 0.487 e. The number of nitrogens with one attached hydrogen (secondary N) is 2. The molecule has 0 radical (unpaired) electrons. The van der Waals surface area contributed by atoms with Gasteiger partial charge in [0, 0.05) is 36.4 Å². The number of carbonyl (C=O) groups excluding carboxylic acids is 2. The first-order valence-corrected chi connectivity index (χ1v) is 11.0. The monoisotopic (exact) mass is 440 g/mol. The lowest BCUT2D eigenvalue weighted by Gasteiger charge is -2.25. The van der Waals surface area contributed by atoms with Crippen molar-refractivity contribution in [1.29, 1.82) is 0 Å². The van der Waals surface area contributed by atoms with Crippen LogP contribution in [-0.2, 0) is 4.79 Å². The fourth-order valence-electron chi connectivity index (χ4n) is 4.15. The molecule has 2 aromatic heterocycles. The molecule has 2 aromatic carbocycles. The highest BCUT2D eigenvalue weighted by Gasteiger charge is 2.33. The SMILES string of the molecule is O=C(NC(C(=O)N1CCC(Oc2cccnc2)C1)c1ccccc1)c1ccc2cc[nH]c2c1. The average Bonchev–Trinajstić information content (AvgIpc) is 3.52. The minimum absolute atomic E-state index is 0.111. The fraction of sp³-hybridized carbons (Fsp3) is 0.192. The summed E-state index contributed by atoms with van der Waals surface area (Å²) in [7, 11) is 0. The lowest BCUT2D eigenvalue weighted by atomic mass is 10.0. The van der Waals surface area contributed by atoms with Crippen LogP contribution in [0.1, 0.15) is 28.4 Å². The van der Waals surface area contributed by atoms with Gasteiger partial charge < -0.3 is 19.9 Å². The summed E-state index contributed by atoms with van der Waals surface area (Å²) in [5.74, 6) is 0.244. The molecular formula is C26H24N4O3. The minimum Gasteiger partial charge on any atom is -0.487 e. The molecule has 2 atom stereocenters. The van der Waals surface area contributed by atoms with E-state index in [-0.39, 0.29) is 17.9 Å². The topological polar surface area (TPSA) is 87.3 Å². The van der Waals surface area contributed by atoms with E-state index in [1.165, 1.54) is 0 Å². The molecule has 0 aliphatic carbocycles. The lowest BCUT2D eigenvalue weighted by Crippen LogP contribution is -2.42. The summed E-state index contributed by atoms with van der Waals surface area (Å²) in [4.78, 5) is 35.6. The Kier molecular flexibility index (Phi) is 5.76. The van der Waals surface area contributed by atoms with E-state index in [1.807, 2.05) is 60.8 Å². The van der Waals surface area contributed by atoms with Crippen LogP contribution in [0.15, 0.2) is 85.3 Å². The molecule has 1 aliphatic heterocycles. The third-order valence-corrected chi connectivity index (χ3v) is 5.87. The van der Waals surface area contributed by atoms with Crippen molar-refractivity contribution < 1.29 is 14.3 Å². The molecule has 3 heterocycles. The number of rotatable bonds is 6. The summed E-state index contributed by atoms with van der Waals surface area (Å²) in [5, 5.41) is 3.98. The van der Waals surface area contributed by atoms with Gasteiger partial charge >= 0.3 is 0 Å². The minimum atomic E-state index is -0.782. The zero-order valence-corrected chi connectivity index (χ0v) is 18.0. The molecule has 1 saturated heterocycles. The van der Waals surface area contributed by atoms with Crippen LogP contribution in [-0.4, -0.2) is 45.9 Å². The van der Waals surface area contributed by atoms with Crippen molar-refractivity contribution in [2.75, 3.05) is 13.1 Å². The molecule has 2 unspecified atom stereocenters. The van der Waals surface area contributed by atoms with Crippen molar-refractivity contribution in [3.63, 3.8) is 0 Å². The van der Waals surface area contributed by atoms with Gasteiger partial charge in [0.1, 0.15) is 17.9 Å². The van der Waals surface area contributed by atoms with Crippen LogP contribution in [0, 0.1) is 0 Å². The van der Waals surface area contributed by atoms with Crippen molar-refractivity contribution in [2.45, 2.75) is 18.6 Å². The van der Waals surface area contributed by atoms with E-state index in [1.54, 1.807) is 29.4 Å². The molecule has 0 spiro atoms. The summed E-state index contributed by atoms with van der Waals surface area (Å²) < 4.78 is 5.98. The molecule has 0 bridgehead atoms. The number of H-pyrrole nitrogens is 1. The molecule has 7 nitrogen and oxygen atoms in total. The van der Waals surface area contributed by atoms with Gasteiger partial charge in [0.05, 0.1) is 12.7 Å². The van der Waals surface area contributed by atoms with E-state index in [4.69, 9.17) is 4.74 Å². The molecule has 166 valence electrons. The van der Waals surface area contributed by atoms with E-state index in [0.29, 0.717) is 24.4 Å². The van der Waals surface area contributed by atoms with Crippen molar-refractivity contribution in [2.24, 2.45) is 0 Å². The van der Waals surface area contributed by atoms with Crippen molar-refractivity contribution in [1.82, 2.24) is 20.2 Å². The quantitative estimate of drug-likeness (QED) is 0.479. The van der Waals surface area contributed by atoms with Crippen LogP contribution in [0.3, 0.4) is 0 Å². The predicted octanol–water partition coefficient (Wildman–Crippen LogP) is 3.71. The number of carbonyl (C=O) groups is 2. The number of hydrogen-bond acceptors (Lipinski definition) is 4. The predicted molar refractivity (Wildman–Crippen MR) is 125 cm³/mol. The average molecular weight is 441 g/mol. The number of pyridine rings is 1. The van der Waals surface area contributed by atoms with E-state index < -0.39 is 6.04 Å². The number of likely N-dealkylation sites (tertiary alicyclic amines) is 1. The van der Waals surface area contributed by atoms with Gasteiger partial charge in [-0.05, 0) is 41.3 Å². The van der Waals surface area contributed by atoms with Crippen LogP contribution in [0.2, 0.25) is 0 Å². The highest BCUT2D eigenvalue weighted by atomic mass is 16.5. The zero-order valence-electron chi connectivity index (χ0n) is 18.0. The summed E-state index contributed by atoms with van der Waals surface area (Å²) in [6.07, 6.45) is 5.80. The third kappa shape index (κ3) is 4.57. The Hall–Kier alpha value is -4.13. The number of nitrogens with zero attached hydrogens (tertiary/aromatic N) is 2. The Morgan fingerprint density at radius 2 is 1.97 bits per heavy atom. The summed E-state index contributed by atoms with van der Waals surface area (Å²) in [5.41, 5.74) is 2.12. The lowest BCUT2D eigenvalue weighted by molar-refractivity contribution is -0.132. The van der Waals surface area contributed by atoms with Gasteiger partial charge in [-0.1, -0.05) is 36.4 Å². The van der Waals surface area contributed by atoms with Gasteiger partial charge in [-0.3, -0.25) is 14.6 Å². The van der Waals surface area contributed by atoms with E-state index in [9.17, 15) is 9.59 Å². The van der Waals surface area contributed by atoms with E-state index >= 15 is 0 Å². The Morgan fingerprint density at radius 1 is 1.09 bits per heavy atom. The normalized spacial score (nSPS) is 16.5. The maximum absolute atomic E-state index is 13.5. The second-order valence-electron chi connectivity index (χ2n) is 8.10. The molecule has 4 aromatic rings. The molecule has 33 heavy (non-hydrogen) atoms. The van der Waals surface area contributed by atoms with Gasteiger partial charge in [0.2, 0.25) is 5.91 Å². The number of ether oxygens (including phenoxy) is 1. The number of benzene rings is 2. The first kappa shape index (κ1) is 20.8. The maximum Gasteiger partial charge on any atom is 0.252 e. The Labute approximate surface area is 191 Å².